The van der Waals surface area contributed by atoms with Crippen molar-refractivity contribution in [3.8, 4) is 5.75 Å². The van der Waals surface area contributed by atoms with Gasteiger partial charge in [0.25, 0.3) is 0 Å². The molecule has 0 aliphatic carbocycles. The summed E-state index contributed by atoms with van der Waals surface area (Å²) in [6, 6.07) is 4.61. The number of benzene rings is 1. The van der Waals surface area contributed by atoms with Crippen LogP contribution >= 0.6 is 15.9 Å². The molecule has 0 aliphatic rings. The largest absolute Gasteiger partial charge is 0.487 e. The topological polar surface area (TPSA) is 9.23 Å². The van der Waals surface area contributed by atoms with Crippen LogP contribution in [0.15, 0.2) is 18.2 Å². The van der Waals surface area contributed by atoms with Crippen LogP contribution in [-0.4, -0.2) is 13.3 Å². The van der Waals surface area contributed by atoms with Crippen LogP contribution < -0.4 is 4.74 Å². The molecule has 4 heteroatoms. The van der Waals surface area contributed by atoms with Crippen molar-refractivity contribution in [1.82, 2.24) is 0 Å². The van der Waals surface area contributed by atoms with Crippen LogP contribution in [-0.2, 0) is 5.33 Å². The highest BCUT2D eigenvalue weighted by Gasteiger charge is 2.07. The molecule has 0 spiro atoms. The molecule has 0 heterocycles. The van der Waals surface area contributed by atoms with E-state index in [1.54, 1.807) is 12.1 Å². The lowest BCUT2D eigenvalue weighted by atomic mass is 10.2. The van der Waals surface area contributed by atoms with E-state index >= 15 is 0 Å². The predicted octanol–water partition coefficient (Wildman–Crippen LogP) is 3.07. The molecule has 1 rings (SSSR count). The number of halogens is 3. The van der Waals surface area contributed by atoms with E-state index in [2.05, 4.69) is 15.9 Å². The Labute approximate surface area is 83.8 Å². The summed E-state index contributed by atoms with van der Waals surface area (Å²) < 4.78 is 29.8. The fourth-order valence-corrected chi connectivity index (χ4v) is 1.40. The number of rotatable bonds is 4. The molecule has 0 amide bonds. The number of alkyl halides is 2. The van der Waals surface area contributed by atoms with Crippen molar-refractivity contribution in [3.05, 3.63) is 29.6 Å². The van der Waals surface area contributed by atoms with E-state index in [1.165, 1.54) is 6.07 Å². The first-order valence-electron chi connectivity index (χ1n) is 3.81. The Bertz CT molecular complexity index is 278. The summed E-state index contributed by atoms with van der Waals surface area (Å²) in [6.07, 6.45) is 0. The van der Waals surface area contributed by atoms with E-state index in [0.717, 1.165) is 0 Å². The van der Waals surface area contributed by atoms with E-state index in [1.807, 2.05) is 0 Å². The van der Waals surface area contributed by atoms with Crippen molar-refractivity contribution in [1.29, 1.82) is 0 Å². The maximum absolute atomic E-state index is 13.1. The summed E-state index contributed by atoms with van der Waals surface area (Å²) in [5.74, 6) is -0.317. The van der Waals surface area contributed by atoms with Crippen molar-refractivity contribution in [2.45, 2.75) is 5.33 Å². The molecular weight excluding hydrogens is 242 g/mol. The molecule has 72 valence electrons. The average Bonchev–Trinajstić information content (AvgIpc) is 2.15. The van der Waals surface area contributed by atoms with Gasteiger partial charge in [-0.05, 0) is 6.07 Å². The molecule has 0 aromatic heterocycles. The quantitative estimate of drug-likeness (QED) is 0.747. The van der Waals surface area contributed by atoms with Crippen molar-refractivity contribution in [2.24, 2.45) is 0 Å². The summed E-state index contributed by atoms with van der Waals surface area (Å²) in [5.41, 5.74) is 0.688. The Kier molecular flexibility index (Phi) is 4.15. The smallest absolute Gasteiger partial charge is 0.165 e. The molecular formula is C9H9BrF2O. The van der Waals surface area contributed by atoms with Crippen LogP contribution in [0, 0.1) is 5.82 Å². The zero-order chi connectivity index (χ0) is 9.68. The van der Waals surface area contributed by atoms with E-state index in [4.69, 9.17) is 4.74 Å². The molecule has 0 unspecified atom stereocenters. The predicted molar refractivity (Wildman–Crippen MR) is 50.5 cm³/mol. The third-order valence-corrected chi connectivity index (χ3v) is 2.12. The molecule has 0 aliphatic heterocycles. The van der Waals surface area contributed by atoms with E-state index in [9.17, 15) is 8.78 Å². The second-order valence-corrected chi connectivity index (χ2v) is 2.96. The van der Waals surface area contributed by atoms with Crippen LogP contribution in [0.4, 0.5) is 8.78 Å². The maximum Gasteiger partial charge on any atom is 0.165 e. The lowest BCUT2D eigenvalue weighted by Crippen LogP contribution is -2.02. The minimum atomic E-state index is -0.615. The molecule has 0 radical (unpaired) electrons. The summed E-state index contributed by atoms with van der Waals surface area (Å²) in [4.78, 5) is 0. The first-order valence-corrected chi connectivity index (χ1v) is 4.94. The van der Waals surface area contributed by atoms with Gasteiger partial charge in [-0.2, -0.15) is 0 Å². The standard InChI is InChI=1S/C9H9BrF2O/c10-6-7-2-1-3-8(12)9(7)13-5-4-11/h1-3H,4-6H2. The third-order valence-electron chi connectivity index (χ3n) is 1.52. The van der Waals surface area contributed by atoms with E-state index < -0.39 is 12.5 Å². The van der Waals surface area contributed by atoms with Gasteiger partial charge in [0, 0.05) is 10.9 Å². The van der Waals surface area contributed by atoms with Gasteiger partial charge in [-0.25, -0.2) is 8.78 Å². The molecule has 0 atom stereocenters. The fraction of sp³-hybridized carbons (Fsp3) is 0.333. The number of ether oxygens (including phenoxy) is 1. The van der Waals surface area contributed by atoms with Crippen LogP contribution in [0.2, 0.25) is 0 Å². The lowest BCUT2D eigenvalue weighted by Gasteiger charge is -2.08. The van der Waals surface area contributed by atoms with Gasteiger partial charge in [0.2, 0.25) is 0 Å². The zero-order valence-electron chi connectivity index (χ0n) is 6.90. The van der Waals surface area contributed by atoms with Crippen molar-refractivity contribution in [2.75, 3.05) is 13.3 Å². The zero-order valence-corrected chi connectivity index (χ0v) is 8.48. The van der Waals surface area contributed by atoms with Crippen molar-refractivity contribution >= 4 is 15.9 Å². The first kappa shape index (κ1) is 10.4. The van der Waals surface area contributed by atoms with Gasteiger partial charge in [-0.3, -0.25) is 0 Å². The summed E-state index contributed by atoms with van der Waals surface area (Å²) in [7, 11) is 0. The molecule has 1 aromatic carbocycles. The van der Waals surface area contributed by atoms with Gasteiger partial charge in [-0.15, -0.1) is 0 Å². The van der Waals surface area contributed by atoms with Gasteiger partial charge in [0.05, 0.1) is 0 Å². The SMILES string of the molecule is FCCOc1c(F)cccc1CBr. The van der Waals surface area contributed by atoms with Crippen molar-refractivity contribution in [3.63, 3.8) is 0 Å². The van der Waals surface area contributed by atoms with Crippen LogP contribution in [0.5, 0.6) is 5.75 Å². The Balaban J connectivity index is 2.87. The van der Waals surface area contributed by atoms with Crippen molar-refractivity contribution < 1.29 is 13.5 Å². The number of hydrogen-bond donors (Lipinski definition) is 0. The van der Waals surface area contributed by atoms with Gasteiger partial charge in [-0.1, -0.05) is 28.1 Å². The highest BCUT2D eigenvalue weighted by molar-refractivity contribution is 9.08. The Morgan fingerprint density at radius 2 is 2.15 bits per heavy atom. The van der Waals surface area contributed by atoms with Gasteiger partial charge in [0.1, 0.15) is 13.3 Å². The molecule has 13 heavy (non-hydrogen) atoms. The van der Waals surface area contributed by atoms with E-state index in [-0.39, 0.29) is 12.4 Å². The second-order valence-electron chi connectivity index (χ2n) is 2.40. The molecule has 1 aromatic rings. The number of hydrogen-bond acceptors (Lipinski definition) is 1. The summed E-state index contributed by atoms with van der Waals surface area (Å²) in [6.45, 7) is -0.725. The summed E-state index contributed by atoms with van der Waals surface area (Å²) >= 11 is 3.19. The minimum absolute atomic E-state index is 0.110. The Morgan fingerprint density at radius 3 is 2.77 bits per heavy atom. The average molecular weight is 251 g/mol. The van der Waals surface area contributed by atoms with Gasteiger partial charge < -0.3 is 4.74 Å². The molecule has 0 saturated heterocycles. The van der Waals surface area contributed by atoms with Crippen LogP contribution in [0.25, 0.3) is 0 Å². The van der Waals surface area contributed by atoms with E-state index in [0.29, 0.717) is 10.9 Å². The van der Waals surface area contributed by atoms with Crippen LogP contribution in [0.1, 0.15) is 5.56 Å². The number of para-hydroxylation sites is 1. The minimum Gasteiger partial charge on any atom is -0.487 e. The summed E-state index contributed by atoms with van der Waals surface area (Å²) in [5, 5.41) is 0.492. The molecule has 1 nitrogen and oxygen atoms in total. The molecule has 0 bridgehead atoms. The Morgan fingerprint density at radius 1 is 1.38 bits per heavy atom. The lowest BCUT2D eigenvalue weighted by molar-refractivity contribution is 0.261. The molecule has 0 saturated carbocycles. The van der Waals surface area contributed by atoms with Gasteiger partial charge in [0.15, 0.2) is 11.6 Å². The normalized spacial score (nSPS) is 10.1. The maximum atomic E-state index is 13.1. The molecule has 0 fully saturated rings. The Hall–Kier alpha value is -0.640. The highest BCUT2D eigenvalue weighted by atomic mass is 79.9. The van der Waals surface area contributed by atoms with Crippen LogP contribution in [0.3, 0.4) is 0 Å². The third kappa shape index (κ3) is 2.66. The monoisotopic (exact) mass is 250 g/mol. The molecule has 0 N–H and O–H groups in total. The highest BCUT2D eigenvalue weighted by Crippen LogP contribution is 2.24. The fourth-order valence-electron chi connectivity index (χ4n) is 0.961. The van der Waals surface area contributed by atoms with Gasteiger partial charge >= 0.3 is 0 Å². The second kappa shape index (κ2) is 5.17. The first-order chi connectivity index (χ1) is 6.29.